The average molecular weight is 399 g/mol. The first-order chi connectivity index (χ1) is 14.1. The van der Waals surface area contributed by atoms with Crippen LogP contribution < -0.4 is 5.73 Å². The number of nitrogen functional groups attached to an aromatic ring is 1. The van der Waals surface area contributed by atoms with Crippen molar-refractivity contribution in [2.75, 3.05) is 51.7 Å². The molecule has 7 nitrogen and oxygen atoms in total. The van der Waals surface area contributed by atoms with E-state index in [2.05, 4.69) is 14.9 Å². The van der Waals surface area contributed by atoms with Gasteiger partial charge in [0, 0.05) is 43.9 Å². The van der Waals surface area contributed by atoms with Gasteiger partial charge in [0.25, 0.3) is 0 Å². The number of carbonyl (C=O) groups excluding carboxylic acids is 1. The van der Waals surface area contributed by atoms with Crippen LogP contribution in [0.4, 0.5) is 10.3 Å². The number of piperidine rings is 1. The van der Waals surface area contributed by atoms with Gasteiger partial charge in [0.05, 0.1) is 25.5 Å². The molecule has 1 aromatic carbocycles. The molecule has 1 aromatic heterocycles. The molecule has 2 saturated heterocycles. The summed E-state index contributed by atoms with van der Waals surface area (Å²) in [5.74, 6) is 0.136. The van der Waals surface area contributed by atoms with Crippen molar-refractivity contribution in [3.63, 3.8) is 0 Å². The molecule has 2 aromatic rings. The van der Waals surface area contributed by atoms with Crippen LogP contribution in [0.1, 0.15) is 24.5 Å². The standard InChI is InChI=1S/C21H26FN5O2/c22-17-5-3-15(4-6-17)18-12-24-21(23)25-20(18)16-2-1-7-27(13-16)19(28)14-26-8-10-29-11-9-26/h3-6,12,16H,1-2,7-11,13-14H2,(H2,23,24,25)/t16-/m0/s1. The van der Waals surface area contributed by atoms with Gasteiger partial charge < -0.3 is 15.4 Å². The smallest absolute Gasteiger partial charge is 0.236 e. The van der Waals surface area contributed by atoms with Gasteiger partial charge in [-0.05, 0) is 30.5 Å². The molecule has 2 N–H and O–H groups in total. The van der Waals surface area contributed by atoms with Crippen molar-refractivity contribution in [2.24, 2.45) is 0 Å². The van der Waals surface area contributed by atoms with Crippen LogP contribution >= 0.6 is 0 Å². The monoisotopic (exact) mass is 399 g/mol. The van der Waals surface area contributed by atoms with Crippen LogP contribution in [-0.4, -0.2) is 71.6 Å². The maximum Gasteiger partial charge on any atom is 0.236 e. The third-order valence-corrected chi connectivity index (χ3v) is 5.62. The number of likely N-dealkylation sites (tertiary alicyclic amines) is 1. The molecule has 0 spiro atoms. The quantitative estimate of drug-likeness (QED) is 0.845. The second-order valence-electron chi connectivity index (χ2n) is 7.60. The van der Waals surface area contributed by atoms with E-state index in [1.165, 1.54) is 12.1 Å². The molecule has 2 aliphatic heterocycles. The molecule has 0 radical (unpaired) electrons. The molecule has 1 amide bonds. The van der Waals surface area contributed by atoms with Gasteiger partial charge in [-0.25, -0.2) is 14.4 Å². The molecule has 0 aliphatic carbocycles. The molecular formula is C21H26FN5O2. The summed E-state index contributed by atoms with van der Waals surface area (Å²) in [4.78, 5) is 25.6. The van der Waals surface area contributed by atoms with E-state index in [0.717, 1.165) is 49.3 Å². The summed E-state index contributed by atoms with van der Waals surface area (Å²) in [6, 6.07) is 6.29. The molecule has 8 heteroatoms. The van der Waals surface area contributed by atoms with E-state index in [-0.39, 0.29) is 23.6 Å². The highest BCUT2D eigenvalue weighted by Gasteiger charge is 2.29. The Morgan fingerprint density at radius 3 is 2.72 bits per heavy atom. The van der Waals surface area contributed by atoms with Crippen LogP contribution in [0.2, 0.25) is 0 Å². The number of rotatable bonds is 4. The molecule has 0 bridgehead atoms. The molecule has 0 unspecified atom stereocenters. The molecule has 1 atom stereocenters. The zero-order valence-electron chi connectivity index (χ0n) is 16.4. The van der Waals surface area contributed by atoms with Crippen LogP contribution in [0.15, 0.2) is 30.5 Å². The first-order valence-electron chi connectivity index (χ1n) is 10.1. The van der Waals surface area contributed by atoms with E-state index in [9.17, 15) is 9.18 Å². The summed E-state index contributed by atoms with van der Waals surface area (Å²) in [5.41, 5.74) is 8.39. The second kappa shape index (κ2) is 8.84. The molecule has 154 valence electrons. The van der Waals surface area contributed by atoms with Gasteiger partial charge in [-0.15, -0.1) is 0 Å². The van der Waals surface area contributed by atoms with Crippen LogP contribution in [-0.2, 0) is 9.53 Å². The Morgan fingerprint density at radius 2 is 1.97 bits per heavy atom. The summed E-state index contributed by atoms with van der Waals surface area (Å²) < 4.78 is 18.7. The van der Waals surface area contributed by atoms with Gasteiger partial charge in [0.1, 0.15) is 5.82 Å². The maximum atomic E-state index is 13.3. The minimum Gasteiger partial charge on any atom is -0.379 e. The highest BCUT2D eigenvalue weighted by molar-refractivity contribution is 5.78. The fourth-order valence-electron chi connectivity index (χ4n) is 4.05. The number of aromatic nitrogens is 2. The minimum atomic E-state index is -0.288. The Bertz CT molecular complexity index is 855. The lowest BCUT2D eigenvalue weighted by Crippen LogP contribution is -2.47. The number of carbonyl (C=O) groups is 1. The number of ether oxygens (including phenoxy) is 1. The molecule has 0 saturated carbocycles. The first kappa shape index (κ1) is 19.7. The Labute approximate surface area is 169 Å². The fraction of sp³-hybridized carbons (Fsp3) is 0.476. The van der Waals surface area contributed by atoms with Crippen molar-refractivity contribution < 1.29 is 13.9 Å². The molecular weight excluding hydrogens is 373 g/mol. The number of hydrogen-bond donors (Lipinski definition) is 1. The van der Waals surface area contributed by atoms with Crippen molar-refractivity contribution >= 4 is 11.9 Å². The lowest BCUT2D eigenvalue weighted by molar-refractivity contribution is -0.134. The summed E-state index contributed by atoms with van der Waals surface area (Å²) in [7, 11) is 0. The Balaban J connectivity index is 1.52. The van der Waals surface area contributed by atoms with Crippen LogP contribution in [0.3, 0.4) is 0 Å². The second-order valence-corrected chi connectivity index (χ2v) is 7.60. The van der Waals surface area contributed by atoms with Gasteiger partial charge >= 0.3 is 0 Å². The van der Waals surface area contributed by atoms with Crippen molar-refractivity contribution in [2.45, 2.75) is 18.8 Å². The summed E-state index contributed by atoms with van der Waals surface area (Å²) in [6.07, 6.45) is 3.53. The number of halogens is 1. The summed E-state index contributed by atoms with van der Waals surface area (Å²) >= 11 is 0. The van der Waals surface area contributed by atoms with E-state index < -0.39 is 0 Å². The van der Waals surface area contributed by atoms with Crippen molar-refractivity contribution in [1.82, 2.24) is 19.8 Å². The highest BCUT2D eigenvalue weighted by atomic mass is 19.1. The van der Waals surface area contributed by atoms with Gasteiger partial charge in [-0.2, -0.15) is 0 Å². The third-order valence-electron chi connectivity index (χ3n) is 5.62. The van der Waals surface area contributed by atoms with Crippen LogP contribution in [0.25, 0.3) is 11.1 Å². The van der Waals surface area contributed by atoms with Gasteiger partial charge in [0.2, 0.25) is 11.9 Å². The maximum absolute atomic E-state index is 13.3. The van der Waals surface area contributed by atoms with Crippen molar-refractivity contribution in [3.8, 4) is 11.1 Å². The zero-order chi connectivity index (χ0) is 20.2. The van der Waals surface area contributed by atoms with Gasteiger partial charge in [0.15, 0.2) is 0 Å². The lowest BCUT2D eigenvalue weighted by Gasteiger charge is -2.35. The van der Waals surface area contributed by atoms with E-state index in [4.69, 9.17) is 10.5 Å². The largest absolute Gasteiger partial charge is 0.379 e. The van der Waals surface area contributed by atoms with E-state index in [1.54, 1.807) is 18.3 Å². The number of nitrogens with zero attached hydrogens (tertiary/aromatic N) is 4. The molecule has 2 aliphatic rings. The topological polar surface area (TPSA) is 84.6 Å². The number of hydrogen-bond acceptors (Lipinski definition) is 6. The number of morpholine rings is 1. The number of anilines is 1. The van der Waals surface area contributed by atoms with Gasteiger partial charge in [-0.3, -0.25) is 9.69 Å². The van der Waals surface area contributed by atoms with E-state index in [0.29, 0.717) is 26.3 Å². The van der Waals surface area contributed by atoms with E-state index >= 15 is 0 Å². The van der Waals surface area contributed by atoms with Crippen molar-refractivity contribution in [3.05, 3.63) is 42.0 Å². The number of nitrogens with two attached hydrogens (primary N) is 1. The summed E-state index contributed by atoms with van der Waals surface area (Å²) in [6.45, 7) is 4.72. The number of amides is 1. The lowest BCUT2D eigenvalue weighted by atomic mass is 9.90. The van der Waals surface area contributed by atoms with Crippen LogP contribution in [0, 0.1) is 5.82 Å². The normalized spacial score (nSPS) is 20.6. The third kappa shape index (κ3) is 4.71. The van der Waals surface area contributed by atoms with Crippen molar-refractivity contribution in [1.29, 1.82) is 0 Å². The average Bonchev–Trinajstić information content (AvgIpc) is 2.75. The Hall–Kier alpha value is -2.58. The number of benzene rings is 1. The van der Waals surface area contributed by atoms with Crippen LogP contribution in [0.5, 0.6) is 0 Å². The first-order valence-corrected chi connectivity index (χ1v) is 10.1. The molecule has 3 heterocycles. The molecule has 4 rings (SSSR count). The minimum absolute atomic E-state index is 0.0720. The fourth-order valence-corrected chi connectivity index (χ4v) is 4.05. The zero-order valence-corrected chi connectivity index (χ0v) is 16.4. The predicted molar refractivity (Wildman–Crippen MR) is 108 cm³/mol. The SMILES string of the molecule is Nc1ncc(-c2ccc(F)cc2)c([C@H]2CCCN(C(=O)CN3CCOCC3)C2)n1. The van der Waals surface area contributed by atoms with Gasteiger partial charge in [-0.1, -0.05) is 12.1 Å². The molecule has 29 heavy (non-hydrogen) atoms. The Kier molecular flexibility index (Phi) is 6.01. The highest BCUT2D eigenvalue weighted by Crippen LogP contribution is 2.33. The predicted octanol–water partition coefficient (Wildman–Crippen LogP) is 1.90. The molecule has 2 fully saturated rings. The summed E-state index contributed by atoms with van der Waals surface area (Å²) in [5, 5.41) is 0. The van der Waals surface area contributed by atoms with E-state index in [1.807, 2.05) is 4.90 Å². The Morgan fingerprint density at radius 1 is 1.21 bits per heavy atom.